The average Bonchev–Trinajstić information content (AvgIpc) is 2.32. The SMILES string of the molecule is Cc1cc(F)cc(F)c1B1OC(C)(C)C(C)(C)O1. The molecule has 0 saturated carbocycles. The highest BCUT2D eigenvalue weighted by molar-refractivity contribution is 6.62. The van der Waals surface area contributed by atoms with E-state index < -0.39 is 30.0 Å². The molecule has 2 nitrogen and oxygen atoms in total. The second-order valence-electron chi connectivity index (χ2n) is 5.71. The predicted molar refractivity (Wildman–Crippen MR) is 66.8 cm³/mol. The van der Waals surface area contributed by atoms with Crippen molar-refractivity contribution in [1.29, 1.82) is 0 Å². The highest BCUT2D eigenvalue weighted by atomic mass is 19.1. The van der Waals surface area contributed by atoms with Crippen molar-refractivity contribution in [3.05, 3.63) is 29.3 Å². The van der Waals surface area contributed by atoms with Crippen LogP contribution in [0.15, 0.2) is 12.1 Å². The third kappa shape index (κ3) is 2.06. The van der Waals surface area contributed by atoms with E-state index in [0.29, 0.717) is 5.56 Å². The maximum Gasteiger partial charge on any atom is 0.498 e. The summed E-state index contributed by atoms with van der Waals surface area (Å²) in [5, 5.41) is 0. The molecule has 0 bridgehead atoms. The Bertz CT molecular complexity index is 447. The van der Waals surface area contributed by atoms with Crippen molar-refractivity contribution < 1.29 is 18.1 Å². The molecule has 2 rings (SSSR count). The minimum Gasteiger partial charge on any atom is -0.399 e. The predicted octanol–water partition coefficient (Wildman–Crippen LogP) is 2.57. The van der Waals surface area contributed by atoms with Gasteiger partial charge in [-0.15, -0.1) is 0 Å². The lowest BCUT2D eigenvalue weighted by atomic mass is 9.76. The van der Waals surface area contributed by atoms with Crippen molar-refractivity contribution in [1.82, 2.24) is 0 Å². The Kier molecular flexibility index (Phi) is 3.02. The van der Waals surface area contributed by atoms with E-state index in [0.717, 1.165) is 6.07 Å². The van der Waals surface area contributed by atoms with E-state index in [1.54, 1.807) is 6.92 Å². The summed E-state index contributed by atoms with van der Waals surface area (Å²) >= 11 is 0. The molecule has 0 aromatic heterocycles. The van der Waals surface area contributed by atoms with Gasteiger partial charge in [0, 0.05) is 11.5 Å². The first-order chi connectivity index (χ1) is 8.14. The summed E-state index contributed by atoms with van der Waals surface area (Å²) in [7, 11) is -0.796. The van der Waals surface area contributed by atoms with Crippen molar-refractivity contribution in [3.63, 3.8) is 0 Å². The molecule has 0 spiro atoms. The number of rotatable bonds is 1. The molecule has 1 aromatic rings. The molecule has 18 heavy (non-hydrogen) atoms. The van der Waals surface area contributed by atoms with Crippen LogP contribution in [0.5, 0.6) is 0 Å². The van der Waals surface area contributed by atoms with Crippen LogP contribution in [0.1, 0.15) is 33.3 Å². The Morgan fingerprint density at radius 1 is 1.00 bits per heavy atom. The van der Waals surface area contributed by atoms with Gasteiger partial charge in [0.25, 0.3) is 0 Å². The Labute approximate surface area is 106 Å². The van der Waals surface area contributed by atoms with Crippen molar-refractivity contribution in [2.45, 2.75) is 45.8 Å². The topological polar surface area (TPSA) is 18.5 Å². The minimum atomic E-state index is -0.796. The van der Waals surface area contributed by atoms with Crippen LogP contribution in [0.25, 0.3) is 0 Å². The summed E-state index contributed by atoms with van der Waals surface area (Å²) < 4.78 is 38.5. The molecule has 0 radical (unpaired) electrons. The number of benzene rings is 1. The van der Waals surface area contributed by atoms with Crippen LogP contribution < -0.4 is 5.46 Å². The molecule has 0 atom stereocenters. The van der Waals surface area contributed by atoms with E-state index in [1.807, 2.05) is 27.7 Å². The molecule has 0 unspecified atom stereocenters. The van der Waals surface area contributed by atoms with Gasteiger partial charge in [0.1, 0.15) is 11.6 Å². The molecular weight excluding hydrogens is 237 g/mol. The van der Waals surface area contributed by atoms with Gasteiger partial charge in [0.05, 0.1) is 11.2 Å². The molecule has 1 aromatic carbocycles. The molecule has 1 aliphatic rings. The molecule has 98 valence electrons. The van der Waals surface area contributed by atoms with Gasteiger partial charge in [-0.05, 0) is 46.2 Å². The molecule has 1 saturated heterocycles. The molecule has 0 amide bonds. The zero-order valence-electron chi connectivity index (χ0n) is 11.3. The second-order valence-corrected chi connectivity index (χ2v) is 5.71. The van der Waals surface area contributed by atoms with Gasteiger partial charge in [-0.25, -0.2) is 8.78 Å². The normalized spacial score (nSPS) is 21.4. The Morgan fingerprint density at radius 3 is 1.94 bits per heavy atom. The fourth-order valence-corrected chi connectivity index (χ4v) is 1.97. The molecule has 0 N–H and O–H groups in total. The van der Waals surface area contributed by atoms with Crippen LogP contribution >= 0.6 is 0 Å². The lowest BCUT2D eigenvalue weighted by Gasteiger charge is -2.32. The largest absolute Gasteiger partial charge is 0.498 e. The first-order valence-electron chi connectivity index (χ1n) is 5.95. The number of hydrogen-bond donors (Lipinski definition) is 0. The van der Waals surface area contributed by atoms with Crippen LogP contribution in [0.2, 0.25) is 0 Å². The van der Waals surface area contributed by atoms with Crippen molar-refractivity contribution in [2.24, 2.45) is 0 Å². The van der Waals surface area contributed by atoms with Crippen LogP contribution in [0.4, 0.5) is 8.78 Å². The van der Waals surface area contributed by atoms with E-state index in [2.05, 4.69) is 0 Å². The standard InChI is InChI=1S/C13H17BF2O2/c1-8-6-9(15)7-10(16)11(8)14-17-12(2,3)13(4,5)18-14/h6-7H,1-5H3. The van der Waals surface area contributed by atoms with Gasteiger partial charge in [-0.2, -0.15) is 0 Å². The lowest BCUT2D eigenvalue weighted by Crippen LogP contribution is -2.41. The van der Waals surface area contributed by atoms with Crippen molar-refractivity contribution in [2.75, 3.05) is 0 Å². The van der Waals surface area contributed by atoms with E-state index in [9.17, 15) is 8.78 Å². The lowest BCUT2D eigenvalue weighted by molar-refractivity contribution is 0.00578. The summed E-state index contributed by atoms with van der Waals surface area (Å²) in [5.41, 5.74) is -0.309. The summed E-state index contributed by atoms with van der Waals surface area (Å²) in [5.74, 6) is -1.23. The van der Waals surface area contributed by atoms with Crippen LogP contribution in [0.3, 0.4) is 0 Å². The molecule has 1 heterocycles. The zero-order valence-corrected chi connectivity index (χ0v) is 11.3. The van der Waals surface area contributed by atoms with Gasteiger partial charge in [0.15, 0.2) is 0 Å². The summed E-state index contributed by atoms with van der Waals surface area (Å²) in [6.45, 7) is 9.22. The first kappa shape index (κ1) is 13.5. The van der Waals surface area contributed by atoms with Crippen molar-refractivity contribution >= 4 is 12.6 Å². The van der Waals surface area contributed by atoms with Gasteiger partial charge in [-0.1, -0.05) is 0 Å². The molecular formula is C13H17BF2O2. The van der Waals surface area contributed by atoms with Crippen LogP contribution in [-0.2, 0) is 9.31 Å². The molecule has 5 heteroatoms. The fraction of sp³-hybridized carbons (Fsp3) is 0.538. The zero-order chi connectivity index (χ0) is 13.7. The smallest absolute Gasteiger partial charge is 0.399 e. The van der Waals surface area contributed by atoms with E-state index in [1.165, 1.54) is 6.07 Å². The maximum atomic E-state index is 13.9. The van der Waals surface area contributed by atoms with Gasteiger partial charge in [0.2, 0.25) is 0 Å². The third-order valence-corrected chi connectivity index (χ3v) is 3.79. The third-order valence-electron chi connectivity index (χ3n) is 3.79. The molecule has 0 aliphatic carbocycles. The number of hydrogen-bond acceptors (Lipinski definition) is 2. The Hall–Kier alpha value is -0.935. The first-order valence-corrected chi connectivity index (χ1v) is 5.95. The van der Waals surface area contributed by atoms with E-state index in [4.69, 9.17) is 9.31 Å². The van der Waals surface area contributed by atoms with Gasteiger partial charge < -0.3 is 9.31 Å². The highest BCUT2D eigenvalue weighted by Crippen LogP contribution is 2.36. The van der Waals surface area contributed by atoms with Gasteiger partial charge in [-0.3, -0.25) is 0 Å². The second kappa shape index (κ2) is 4.03. The Balaban J connectivity index is 2.42. The highest BCUT2D eigenvalue weighted by Gasteiger charge is 2.52. The summed E-state index contributed by atoms with van der Waals surface area (Å²) in [6.07, 6.45) is 0. The Morgan fingerprint density at radius 2 is 1.50 bits per heavy atom. The van der Waals surface area contributed by atoms with E-state index >= 15 is 0 Å². The van der Waals surface area contributed by atoms with Crippen LogP contribution in [0, 0.1) is 18.6 Å². The fourth-order valence-electron chi connectivity index (χ4n) is 1.97. The average molecular weight is 254 g/mol. The van der Waals surface area contributed by atoms with Crippen LogP contribution in [-0.4, -0.2) is 18.3 Å². The van der Waals surface area contributed by atoms with Crippen molar-refractivity contribution in [3.8, 4) is 0 Å². The molecule has 1 fully saturated rings. The van der Waals surface area contributed by atoms with E-state index in [-0.39, 0.29) is 5.46 Å². The summed E-state index contributed by atoms with van der Waals surface area (Å²) in [6, 6.07) is 2.14. The number of halogens is 2. The van der Waals surface area contributed by atoms with Gasteiger partial charge >= 0.3 is 7.12 Å². The monoisotopic (exact) mass is 254 g/mol. The molecule has 1 aliphatic heterocycles. The summed E-state index contributed by atoms with van der Waals surface area (Å²) in [4.78, 5) is 0. The number of aryl methyl sites for hydroxylation is 1. The maximum absolute atomic E-state index is 13.9. The quantitative estimate of drug-likeness (QED) is 0.717. The minimum absolute atomic E-state index is 0.273.